The van der Waals surface area contributed by atoms with E-state index < -0.39 is 0 Å². The smallest absolute Gasteiger partial charge is 0.227 e. The molecule has 0 radical (unpaired) electrons. The summed E-state index contributed by atoms with van der Waals surface area (Å²) < 4.78 is 0. The van der Waals surface area contributed by atoms with E-state index in [9.17, 15) is 4.79 Å². The molecule has 1 saturated carbocycles. The van der Waals surface area contributed by atoms with Crippen molar-refractivity contribution in [1.29, 1.82) is 0 Å². The Morgan fingerprint density at radius 1 is 1.44 bits per heavy atom. The molecule has 1 amide bonds. The van der Waals surface area contributed by atoms with E-state index in [1.54, 1.807) is 0 Å². The summed E-state index contributed by atoms with van der Waals surface area (Å²) >= 11 is 6.06. The quantitative estimate of drug-likeness (QED) is 0.840. The number of carbonyl (C=O) groups is 1. The number of fused-ring (bicyclic) bond motifs is 1. The molecule has 16 heavy (non-hydrogen) atoms. The first-order chi connectivity index (χ1) is 7.68. The Kier molecular flexibility index (Phi) is 2.19. The van der Waals surface area contributed by atoms with Gasteiger partial charge in [-0.05, 0) is 11.6 Å². The molecular formula is C12H13ClN2O. The van der Waals surface area contributed by atoms with Gasteiger partial charge in [0.25, 0.3) is 0 Å². The Morgan fingerprint density at radius 2 is 2.19 bits per heavy atom. The number of hydrogen-bond acceptors (Lipinski definition) is 2. The van der Waals surface area contributed by atoms with Gasteiger partial charge in [0.05, 0.1) is 5.92 Å². The van der Waals surface area contributed by atoms with Crippen molar-refractivity contribution < 1.29 is 4.79 Å². The first kappa shape index (κ1) is 10.1. The molecule has 1 saturated heterocycles. The molecule has 1 heterocycles. The highest BCUT2D eigenvalue weighted by atomic mass is 35.5. The van der Waals surface area contributed by atoms with Crippen LogP contribution in [0.1, 0.15) is 5.56 Å². The molecule has 1 aliphatic carbocycles. The zero-order valence-electron chi connectivity index (χ0n) is 8.77. The van der Waals surface area contributed by atoms with Crippen LogP contribution in [0.3, 0.4) is 0 Å². The Labute approximate surface area is 99.2 Å². The van der Waals surface area contributed by atoms with Gasteiger partial charge in [0, 0.05) is 30.1 Å². The second kappa shape index (κ2) is 3.47. The van der Waals surface area contributed by atoms with Gasteiger partial charge >= 0.3 is 0 Å². The van der Waals surface area contributed by atoms with Gasteiger partial charge in [-0.15, -0.1) is 0 Å². The lowest BCUT2D eigenvalue weighted by Gasteiger charge is -2.19. The Balaban J connectivity index is 1.73. The maximum absolute atomic E-state index is 11.9. The third kappa shape index (κ3) is 1.43. The standard InChI is InChI=1S/C12H13ClN2O/c13-9-4-2-1-3-7(9)5-15-6-8-10(11(8)14)12(15)16/h1-4,8,10-11H,5-6,14H2. The van der Waals surface area contributed by atoms with Crippen LogP contribution in [-0.4, -0.2) is 23.4 Å². The van der Waals surface area contributed by atoms with Crippen LogP contribution in [0, 0.1) is 11.8 Å². The number of benzene rings is 1. The fourth-order valence-electron chi connectivity index (χ4n) is 2.51. The number of amides is 1. The van der Waals surface area contributed by atoms with Crippen LogP contribution in [0.25, 0.3) is 0 Å². The van der Waals surface area contributed by atoms with E-state index in [2.05, 4.69) is 0 Å². The summed E-state index contributed by atoms with van der Waals surface area (Å²) in [6.07, 6.45) is 0. The van der Waals surface area contributed by atoms with Gasteiger partial charge in [-0.25, -0.2) is 0 Å². The van der Waals surface area contributed by atoms with Gasteiger partial charge in [-0.2, -0.15) is 0 Å². The molecule has 0 aromatic heterocycles. The average molecular weight is 237 g/mol. The molecule has 3 nitrogen and oxygen atoms in total. The summed E-state index contributed by atoms with van der Waals surface area (Å²) in [5, 5.41) is 0.722. The number of nitrogens with zero attached hydrogens (tertiary/aromatic N) is 1. The normalized spacial score (nSPS) is 31.8. The third-order valence-corrected chi connectivity index (χ3v) is 3.95. The van der Waals surface area contributed by atoms with E-state index in [-0.39, 0.29) is 17.9 Å². The van der Waals surface area contributed by atoms with Crippen molar-refractivity contribution in [1.82, 2.24) is 4.90 Å². The summed E-state index contributed by atoms with van der Waals surface area (Å²) in [7, 11) is 0. The lowest BCUT2D eigenvalue weighted by atomic mass is 10.2. The minimum Gasteiger partial charge on any atom is -0.338 e. The van der Waals surface area contributed by atoms with Crippen molar-refractivity contribution in [3.8, 4) is 0 Å². The van der Waals surface area contributed by atoms with E-state index in [1.807, 2.05) is 29.2 Å². The first-order valence-electron chi connectivity index (χ1n) is 5.46. The van der Waals surface area contributed by atoms with Gasteiger partial charge in [-0.1, -0.05) is 29.8 Å². The first-order valence-corrected chi connectivity index (χ1v) is 5.84. The lowest BCUT2D eigenvalue weighted by molar-refractivity contribution is -0.130. The highest BCUT2D eigenvalue weighted by Crippen LogP contribution is 2.45. The van der Waals surface area contributed by atoms with Crippen LogP contribution in [-0.2, 0) is 11.3 Å². The van der Waals surface area contributed by atoms with Crippen molar-refractivity contribution in [2.45, 2.75) is 12.6 Å². The molecule has 4 heteroatoms. The number of hydrogen-bond donors (Lipinski definition) is 1. The predicted octanol–water partition coefficient (Wildman–Crippen LogP) is 1.26. The summed E-state index contributed by atoms with van der Waals surface area (Å²) in [5.74, 6) is 0.662. The molecule has 2 fully saturated rings. The molecule has 2 aliphatic rings. The molecule has 3 unspecified atom stereocenters. The van der Waals surface area contributed by atoms with Gasteiger partial charge in [0.1, 0.15) is 0 Å². The molecular weight excluding hydrogens is 224 g/mol. The molecule has 1 aromatic carbocycles. The molecule has 1 aliphatic heterocycles. The summed E-state index contributed by atoms with van der Waals surface area (Å²) in [4.78, 5) is 13.7. The Morgan fingerprint density at radius 3 is 2.81 bits per heavy atom. The molecule has 3 rings (SSSR count). The van der Waals surface area contributed by atoms with E-state index >= 15 is 0 Å². The maximum Gasteiger partial charge on any atom is 0.227 e. The SMILES string of the molecule is NC1C2CN(Cc3ccccc3Cl)C(=O)C12. The van der Waals surface area contributed by atoms with Crippen LogP contribution in [0.4, 0.5) is 0 Å². The Hall–Kier alpha value is -1.06. The molecule has 84 valence electrons. The summed E-state index contributed by atoms with van der Waals surface area (Å²) in [5.41, 5.74) is 6.78. The topological polar surface area (TPSA) is 46.3 Å². The van der Waals surface area contributed by atoms with Crippen molar-refractivity contribution in [2.75, 3.05) is 6.54 Å². The zero-order chi connectivity index (χ0) is 11.3. The minimum absolute atomic E-state index is 0.0856. The van der Waals surface area contributed by atoms with Gasteiger partial charge < -0.3 is 10.6 Å². The highest BCUT2D eigenvalue weighted by molar-refractivity contribution is 6.31. The van der Waals surface area contributed by atoms with E-state index in [0.717, 1.165) is 17.1 Å². The van der Waals surface area contributed by atoms with Gasteiger partial charge in [0.2, 0.25) is 5.91 Å². The van der Waals surface area contributed by atoms with Crippen LogP contribution < -0.4 is 5.73 Å². The number of piperidine rings is 1. The summed E-state index contributed by atoms with van der Waals surface area (Å²) in [6, 6.07) is 7.75. The van der Waals surface area contributed by atoms with Crippen molar-refractivity contribution in [3.05, 3.63) is 34.9 Å². The zero-order valence-corrected chi connectivity index (χ0v) is 9.52. The molecule has 2 N–H and O–H groups in total. The maximum atomic E-state index is 11.9. The molecule has 1 aromatic rings. The fourth-order valence-corrected chi connectivity index (χ4v) is 2.71. The van der Waals surface area contributed by atoms with Crippen molar-refractivity contribution in [2.24, 2.45) is 17.6 Å². The number of carbonyl (C=O) groups excluding carboxylic acids is 1. The molecule has 0 spiro atoms. The minimum atomic E-state index is 0.0856. The van der Waals surface area contributed by atoms with Crippen LogP contribution in [0.2, 0.25) is 5.02 Å². The van der Waals surface area contributed by atoms with E-state index in [1.165, 1.54) is 0 Å². The largest absolute Gasteiger partial charge is 0.338 e. The number of rotatable bonds is 2. The van der Waals surface area contributed by atoms with E-state index in [0.29, 0.717) is 12.5 Å². The van der Waals surface area contributed by atoms with Crippen LogP contribution in [0.5, 0.6) is 0 Å². The summed E-state index contributed by atoms with van der Waals surface area (Å²) in [6.45, 7) is 1.40. The highest BCUT2D eigenvalue weighted by Gasteiger charge is 2.59. The number of likely N-dealkylation sites (tertiary alicyclic amines) is 1. The predicted molar refractivity (Wildman–Crippen MR) is 61.8 cm³/mol. The van der Waals surface area contributed by atoms with E-state index in [4.69, 9.17) is 17.3 Å². The second-order valence-electron chi connectivity index (χ2n) is 4.58. The number of nitrogens with two attached hydrogens (primary N) is 1. The lowest BCUT2D eigenvalue weighted by Crippen LogP contribution is -2.32. The van der Waals surface area contributed by atoms with Crippen molar-refractivity contribution >= 4 is 17.5 Å². The van der Waals surface area contributed by atoms with Crippen molar-refractivity contribution in [3.63, 3.8) is 0 Å². The van der Waals surface area contributed by atoms with Crippen LogP contribution >= 0.6 is 11.6 Å². The molecule has 0 bridgehead atoms. The Bertz CT molecular complexity index is 448. The fraction of sp³-hybridized carbons (Fsp3) is 0.417. The van der Waals surface area contributed by atoms with Gasteiger partial charge in [0.15, 0.2) is 0 Å². The molecule has 3 atom stereocenters. The second-order valence-corrected chi connectivity index (χ2v) is 4.98. The van der Waals surface area contributed by atoms with Crippen LogP contribution in [0.15, 0.2) is 24.3 Å². The number of halogens is 1. The average Bonchev–Trinajstić information content (AvgIpc) is 2.76. The monoisotopic (exact) mass is 236 g/mol. The van der Waals surface area contributed by atoms with Gasteiger partial charge in [-0.3, -0.25) is 4.79 Å². The third-order valence-electron chi connectivity index (χ3n) is 3.58.